The SMILES string of the molecule is O=C(Nc1ccc(F)c(F)c1)c1nnc(-c2cccc(F)c2)o1. The molecule has 1 N–H and O–H groups in total. The number of benzene rings is 2. The lowest BCUT2D eigenvalue weighted by Gasteiger charge is -2.02. The number of halogens is 3. The maximum atomic E-state index is 13.1. The zero-order valence-electron chi connectivity index (χ0n) is 11.4. The van der Waals surface area contributed by atoms with E-state index in [0.29, 0.717) is 5.56 Å². The minimum absolute atomic E-state index is 0.0272. The first kappa shape index (κ1) is 14.8. The Morgan fingerprint density at radius 1 is 1.00 bits per heavy atom. The molecule has 1 heterocycles. The maximum absolute atomic E-state index is 13.1. The largest absolute Gasteiger partial charge is 0.412 e. The first-order valence-corrected chi connectivity index (χ1v) is 6.39. The lowest BCUT2D eigenvalue weighted by molar-refractivity contribution is 0.0991. The molecule has 0 unspecified atom stereocenters. The molecule has 0 radical (unpaired) electrons. The van der Waals surface area contributed by atoms with E-state index in [-0.39, 0.29) is 11.6 Å². The number of nitrogens with zero attached hydrogens (tertiary/aromatic N) is 2. The van der Waals surface area contributed by atoms with Crippen molar-refractivity contribution in [3.05, 3.63) is 65.8 Å². The van der Waals surface area contributed by atoms with Gasteiger partial charge < -0.3 is 9.73 Å². The van der Waals surface area contributed by atoms with Gasteiger partial charge in [0.2, 0.25) is 5.89 Å². The highest BCUT2D eigenvalue weighted by Crippen LogP contribution is 2.19. The van der Waals surface area contributed by atoms with E-state index in [1.54, 1.807) is 0 Å². The summed E-state index contributed by atoms with van der Waals surface area (Å²) < 4.78 is 44.2. The van der Waals surface area contributed by atoms with Crippen molar-refractivity contribution in [2.24, 2.45) is 0 Å². The Balaban J connectivity index is 1.79. The molecule has 3 rings (SSSR count). The fourth-order valence-electron chi connectivity index (χ4n) is 1.81. The van der Waals surface area contributed by atoms with Crippen LogP contribution in [0.3, 0.4) is 0 Å². The van der Waals surface area contributed by atoms with Crippen LogP contribution in [0.25, 0.3) is 11.5 Å². The molecule has 0 fully saturated rings. The molecule has 5 nitrogen and oxygen atoms in total. The minimum Gasteiger partial charge on any atom is -0.412 e. The van der Waals surface area contributed by atoms with Gasteiger partial charge in [-0.3, -0.25) is 4.79 Å². The van der Waals surface area contributed by atoms with Crippen molar-refractivity contribution in [1.82, 2.24) is 10.2 Å². The Hall–Kier alpha value is -3.16. The van der Waals surface area contributed by atoms with E-state index in [0.717, 1.165) is 12.1 Å². The van der Waals surface area contributed by atoms with Gasteiger partial charge in [-0.2, -0.15) is 0 Å². The summed E-state index contributed by atoms with van der Waals surface area (Å²) in [7, 11) is 0. The third-order valence-corrected chi connectivity index (χ3v) is 2.87. The van der Waals surface area contributed by atoms with Crippen LogP contribution in [0.5, 0.6) is 0 Å². The zero-order valence-corrected chi connectivity index (χ0v) is 11.4. The second kappa shape index (κ2) is 5.91. The summed E-state index contributed by atoms with van der Waals surface area (Å²) in [6, 6.07) is 8.28. The molecule has 2 aromatic carbocycles. The van der Waals surface area contributed by atoms with E-state index in [1.165, 1.54) is 30.3 Å². The predicted octanol–water partition coefficient (Wildman–Crippen LogP) is 3.41. The molecule has 0 saturated heterocycles. The molecule has 0 aliphatic carbocycles. The summed E-state index contributed by atoms with van der Waals surface area (Å²) in [4.78, 5) is 11.9. The highest BCUT2D eigenvalue weighted by molar-refractivity contribution is 6.00. The number of anilines is 1. The second-order valence-corrected chi connectivity index (χ2v) is 4.51. The van der Waals surface area contributed by atoms with Gasteiger partial charge in [-0.15, -0.1) is 10.2 Å². The fourth-order valence-corrected chi connectivity index (χ4v) is 1.81. The second-order valence-electron chi connectivity index (χ2n) is 4.51. The molecule has 8 heteroatoms. The molecule has 3 aromatic rings. The molecule has 1 amide bonds. The van der Waals surface area contributed by atoms with Crippen molar-refractivity contribution < 1.29 is 22.4 Å². The minimum atomic E-state index is -1.10. The van der Waals surface area contributed by atoms with Gasteiger partial charge >= 0.3 is 11.8 Å². The molecular weight excluding hydrogens is 311 g/mol. The number of carbonyl (C=O) groups is 1. The van der Waals surface area contributed by atoms with Gasteiger partial charge in [0.1, 0.15) is 5.82 Å². The molecule has 0 atom stereocenters. The Morgan fingerprint density at radius 3 is 2.57 bits per heavy atom. The van der Waals surface area contributed by atoms with E-state index < -0.39 is 29.2 Å². The Labute approximate surface area is 127 Å². The lowest BCUT2D eigenvalue weighted by atomic mass is 10.2. The first-order chi connectivity index (χ1) is 11.0. The van der Waals surface area contributed by atoms with Crippen molar-refractivity contribution in [1.29, 1.82) is 0 Å². The van der Waals surface area contributed by atoms with Gasteiger partial charge in [-0.25, -0.2) is 13.2 Å². The number of hydrogen-bond acceptors (Lipinski definition) is 4. The lowest BCUT2D eigenvalue weighted by Crippen LogP contribution is -2.12. The average Bonchev–Trinajstić information content (AvgIpc) is 3.01. The molecule has 23 heavy (non-hydrogen) atoms. The van der Waals surface area contributed by atoms with E-state index >= 15 is 0 Å². The summed E-state index contributed by atoms with van der Waals surface area (Å²) in [6.45, 7) is 0. The Kier molecular flexibility index (Phi) is 3.80. The van der Waals surface area contributed by atoms with Crippen LogP contribution in [0.2, 0.25) is 0 Å². The van der Waals surface area contributed by atoms with Gasteiger partial charge in [-0.1, -0.05) is 6.07 Å². The van der Waals surface area contributed by atoms with Gasteiger partial charge in [0, 0.05) is 17.3 Å². The molecule has 0 aliphatic heterocycles. The molecule has 116 valence electrons. The van der Waals surface area contributed by atoms with Gasteiger partial charge in [0.05, 0.1) is 0 Å². The summed E-state index contributed by atoms with van der Waals surface area (Å²) in [5, 5.41) is 9.47. The van der Waals surface area contributed by atoms with Crippen LogP contribution in [-0.2, 0) is 0 Å². The molecule has 1 aromatic heterocycles. The number of hydrogen-bond donors (Lipinski definition) is 1. The summed E-state index contributed by atoms with van der Waals surface area (Å²) in [6.07, 6.45) is 0. The predicted molar refractivity (Wildman–Crippen MR) is 74.0 cm³/mol. The average molecular weight is 319 g/mol. The number of amides is 1. The van der Waals surface area contributed by atoms with E-state index in [2.05, 4.69) is 15.5 Å². The van der Waals surface area contributed by atoms with Crippen LogP contribution in [0.4, 0.5) is 18.9 Å². The number of aromatic nitrogens is 2. The highest BCUT2D eigenvalue weighted by Gasteiger charge is 2.17. The van der Waals surface area contributed by atoms with Crippen molar-refractivity contribution in [3.8, 4) is 11.5 Å². The fraction of sp³-hybridized carbons (Fsp3) is 0. The van der Waals surface area contributed by atoms with Crippen molar-refractivity contribution in [2.45, 2.75) is 0 Å². The topological polar surface area (TPSA) is 68.0 Å². The van der Waals surface area contributed by atoms with Gasteiger partial charge in [0.25, 0.3) is 0 Å². The summed E-state index contributed by atoms with van der Waals surface area (Å²) in [5.41, 5.74) is 0.337. The molecule has 0 aliphatic rings. The molecule has 0 saturated carbocycles. The van der Waals surface area contributed by atoms with Gasteiger partial charge in [-0.05, 0) is 30.3 Å². The van der Waals surface area contributed by atoms with Crippen molar-refractivity contribution in [2.75, 3.05) is 5.32 Å². The Morgan fingerprint density at radius 2 is 1.83 bits per heavy atom. The molecule has 0 bridgehead atoms. The normalized spacial score (nSPS) is 10.6. The molecule has 0 spiro atoms. The Bertz CT molecular complexity index is 880. The van der Waals surface area contributed by atoms with Crippen molar-refractivity contribution in [3.63, 3.8) is 0 Å². The number of carbonyl (C=O) groups excluding carboxylic acids is 1. The van der Waals surface area contributed by atoms with Crippen LogP contribution in [-0.4, -0.2) is 16.1 Å². The number of nitrogens with one attached hydrogen (secondary N) is 1. The summed E-state index contributed by atoms with van der Waals surface area (Å²) >= 11 is 0. The third-order valence-electron chi connectivity index (χ3n) is 2.87. The van der Waals surface area contributed by atoms with E-state index in [4.69, 9.17) is 4.42 Å². The van der Waals surface area contributed by atoms with E-state index in [1.807, 2.05) is 0 Å². The van der Waals surface area contributed by atoms with Crippen LogP contribution in [0.15, 0.2) is 46.9 Å². The van der Waals surface area contributed by atoms with Crippen LogP contribution in [0, 0.1) is 17.5 Å². The van der Waals surface area contributed by atoms with Crippen molar-refractivity contribution >= 4 is 11.6 Å². The first-order valence-electron chi connectivity index (χ1n) is 6.39. The maximum Gasteiger partial charge on any atom is 0.313 e. The molecular formula is C15H8F3N3O2. The summed E-state index contributed by atoms with van der Waals surface area (Å²) in [5.74, 6) is -3.86. The van der Waals surface area contributed by atoms with E-state index in [9.17, 15) is 18.0 Å². The van der Waals surface area contributed by atoms with Crippen LogP contribution >= 0.6 is 0 Å². The van der Waals surface area contributed by atoms with Crippen LogP contribution < -0.4 is 5.32 Å². The highest BCUT2D eigenvalue weighted by atomic mass is 19.2. The zero-order chi connectivity index (χ0) is 16.4. The quantitative estimate of drug-likeness (QED) is 0.803. The standard InChI is InChI=1S/C15H8F3N3O2/c16-9-3-1-2-8(6-9)14-20-21-15(23-14)13(22)19-10-4-5-11(17)12(18)7-10/h1-7H,(H,19,22). The monoisotopic (exact) mass is 319 g/mol. The number of rotatable bonds is 3. The van der Waals surface area contributed by atoms with Gasteiger partial charge in [0.15, 0.2) is 11.6 Å². The smallest absolute Gasteiger partial charge is 0.313 e. The third kappa shape index (κ3) is 3.20. The van der Waals surface area contributed by atoms with Crippen LogP contribution in [0.1, 0.15) is 10.7 Å².